The second-order valence-corrected chi connectivity index (χ2v) is 4.69. The Hall–Kier alpha value is -0.740. The van der Waals surface area contributed by atoms with Crippen molar-refractivity contribution in [2.45, 2.75) is 5.75 Å². The summed E-state index contributed by atoms with van der Waals surface area (Å²) in [4.78, 5) is 7.95. The van der Waals surface area contributed by atoms with Gasteiger partial charge >= 0.3 is 10.4 Å². The monoisotopic (exact) mass is 282 g/mol. The van der Waals surface area contributed by atoms with Gasteiger partial charge in [-0.2, -0.15) is 20.2 Å². The first kappa shape index (κ1) is 16.3. The van der Waals surface area contributed by atoms with E-state index in [2.05, 4.69) is 9.97 Å². The summed E-state index contributed by atoms with van der Waals surface area (Å²) in [5, 5.41) is 0. The van der Waals surface area contributed by atoms with Crippen LogP contribution in [0.3, 0.4) is 0 Å². The quantitative estimate of drug-likeness (QED) is 0.600. The number of hydrogen-bond acceptors (Lipinski definition) is 6. The van der Waals surface area contributed by atoms with Gasteiger partial charge in [0.15, 0.2) is 0 Å². The first-order valence-electron chi connectivity index (χ1n) is 4.45. The maximum Gasteiger partial charge on any atom is 0.394 e. The Morgan fingerprint density at radius 3 is 2.59 bits per heavy atom. The summed E-state index contributed by atoms with van der Waals surface area (Å²) >= 11 is 1.82. The van der Waals surface area contributed by atoms with Crippen molar-refractivity contribution in [3.8, 4) is 0 Å². The molecule has 0 saturated carbocycles. The molecule has 0 atom stereocenters. The Morgan fingerprint density at radius 1 is 1.47 bits per heavy atom. The Labute approximate surface area is 104 Å². The van der Waals surface area contributed by atoms with E-state index >= 15 is 0 Å². The number of methoxy groups -OCH3 is 1. The summed E-state index contributed by atoms with van der Waals surface area (Å²) in [7, 11) is -2.95. The molecule has 9 heteroatoms. The molecule has 0 bridgehead atoms. The molecular formula is C8H14N2O5S2. The van der Waals surface area contributed by atoms with Gasteiger partial charge in [0, 0.05) is 24.8 Å². The Morgan fingerprint density at radius 2 is 2.12 bits per heavy atom. The molecule has 7 nitrogen and oxygen atoms in total. The predicted molar refractivity (Wildman–Crippen MR) is 64.2 cm³/mol. The third-order valence-electron chi connectivity index (χ3n) is 1.32. The van der Waals surface area contributed by atoms with Crippen molar-refractivity contribution in [2.24, 2.45) is 0 Å². The Kier molecular flexibility index (Phi) is 8.90. The smallest absolute Gasteiger partial charge is 0.384 e. The molecule has 1 aromatic heterocycles. The molecule has 0 radical (unpaired) electrons. The molecule has 1 rings (SSSR count). The van der Waals surface area contributed by atoms with E-state index in [0.29, 0.717) is 0 Å². The number of nitrogens with zero attached hydrogens (tertiary/aromatic N) is 2. The number of ether oxygens (including phenoxy) is 1. The van der Waals surface area contributed by atoms with E-state index in [0.717, 1.165) is 23.8 Å². The lowest BCUT2D eigenvalue weighted by molar-refractivity contribution is 0.218. The van der Waals surface area contributed by atoms with Gasteiger partial charge in [0.05, 0.1) is 12.3 Å². The fraction of sp³-hybridized carbons (Fsp3) is 0.500. The summed E-state index contributed by atoms with van der Waals surface area (Å²) in [6, 6.07) is 1.93. The number of hydrogen-bond donors (Lipinski definition) is 2. The van der Waals surface area contributed by atoms with Crippen LogP contribution in [-0.4, -0.2) is 47.0 Å². The summed E-state index contributed by atoms with van der Waals surface area (Å²) in [6.45, 7) is 0.801. The average Bonchev–Trinajstić information content (AvgIpc) is 2.24. The van der Waals surface area contributed by atoms with Crippen LogP contribution in [0.2, 0.25) is 0 Å². The van der Waals surface area contributed by atoms with Crippen molar-refractivity contribution in [3.05, 3.63) is 24.3 Å². The molecule has 0 unspecified atom stereocenters. The van der Waals surface area contributed by atoms with E-state index in [1.165, 1.54) is 0 Å². The van der Waals surface area contributed by atoms with Crippen LogP contribution in [-0.2, 0) is 20.9 Å². The van der Waals surface area contributed by atoms with Gasteiger partial charge in [-0.15, -0.1) is 0 Å². The SMILES string of the molecule is COCCSCc1ccncn1.O=S(=O)(O)O. The van der Waals surface area contributed by atoms with Gasteiger partial charge < -0.3 is 4.74 Å². The minimum Gasteiger partial charge on any atom is -0.384 e. The van der Waals surface area contributed by atoms with Gasteiger partial charge in [0.25, 0.3) is 0 Å². The van der Waals surface area contributed by atoms with Crippen molar-refractivity contribution < 1.29 is 22.3 Å². The Bertz CT molecular complexity index is 376. The minimum atomic E-state index is -4.67. The van der Waals surface area contributed by atoms with Crippen molar-refractivity contribution in [1.29, 1.82) is 0 Å². The van der Waals surface area contributed by atoms with Crippen LogP contribution in [0.5, 0.6) is 0 Å². The lowest BCUT2D eigenvalue weighted by atomic mass is 10.5. The first-order chi connectivity index (χ1) is 7.93. The normalized spacial score (nSPS) is 10.5. The molecule has 0 spiro atoms. The topological polar surface area (TPSA) is 110 Å². The fourth-order valence-corrected chi connectivity index (χ4v) is 1.53. The number of rotatable bonds is 5. The third kappa shape index (κ3) is 15.3. The van der Waals surface area contributed by atoms with Crippen LogP contribution in [0, 0.1) is 0 Å². The van der Waals surface area contributed by atoms with Crippen molar-refractivity contribution >= 4 is 22.2 Å². The second kappa shape index (κ2) is 9.31. The van der Waals surface area contributed by atoms with Crippen LogP contribution in [0.1, 0.15) is 5.69 Å². The van der Waals surface area contributed by atoms with Gasteiger partial charge in [-0.25, -0.2) is 9.97 Å². The predicted octanol–water partition coefficient (Wildman–Crippen LogP) is 0.703. The molecule has 0 saturated heterocycles. The maximum absolute atomic E-state index is 8.74. The highest BCUT2D eigenvalue weighted by Crippen LogP contribution is 2.07. The molecule has 0 aliphatic rings. The second-order valence-electron chi connectivity index (χ2n) is 2.69. The summed E-state index contributed by atoms with van der Waals surface area (Å²) < 4.78 is 36.5. The van der Waals surface area contributed by atoms with Crippen molar-refractivity contribution in [1.82, 2.24) is 9.97 Å². The third-order valence-corrected chi connectivity index (χ3v) is 2.28. The average molecular weight is 282 g/mol. The number of thioether (sulfide) groups is 1. The molecule has 0 aliphatic carbocycles. The lowest BCUT2D eigenvalue weighted by Crippen LogP contribution is -1.93. The van der Waals surface area contributed by atoms with Gasteiger partial charge in [0.1, 0.15) is 6.33 Å². The molecule has 0 aliphatic heterocycles. The van der Waals surface area contributed by atoms with Crippen molar-refractivity contribution in [3.63, 3.8) is 0 Å². The molecule has 1 heterocycles. The van der Waals surface area contributed by atoms with E-state index in [-0.39, 0.29) is 0 Å². The van der Waals surface area contributed by atoms with Crippen LogP contribution < -0.4 is 0 Å². The highest BCUT2D eigenvalue weighted by Gasteiger charge is 1.92. The van der Waals surface area contributed by atoms with Gasteiger partial charge in [-0.05, 0) is 6.07 Å². The highest BCUT2D eigenvalue weighted by atomic mass is 32.3. The zero-order valence-electron chi connectivity index (χ0n) is 9.18. The van der Waals surface area contributed by atoms with Crippen LogP contribution >= 0.6 is 11.8 Å². The summed E-state index contributed by atoms with van der Waals surface area (Å²) in [6.07, 6.45) is 3.34. The zero-order chi connectivity index (χ0) is 13.1. The first-order valence-corrected chi connectivity index (χ1v) is 7.00. The van der Waals surface area contributed by atoms with E-state index in [1.54, 1.807) is 19.6 Å². The van der Waals surface area contributed by atoms with Gasteiger partial charge in [0.2, 0.25) is 0 Å². The van der Waals surface area contributed by atoms with Gasteiger partial charge in [-0.1, -0.05) is 0 Å². The fourth-order valence-electron chi connectivity index (χ4n) is 0.722. The van der Waals surface area contributed by atoms with E-state index in [9.17, 15) is 0 Å². The molecule has 0 amide bonds. The summed E-state index contributed by atoms with van der Waals surface area (Å²) in [5.74, 6) is 1.95. The van der Waals surface area contributed by atoms with Gasteiger partial charge in [-0.3, -0.25) is 9.11 Å². The molecule has 98 valence electrons. The summed E-state index contributed by atoms with van der Waals surface area (Å²) in [5.41, 5.74) is 1.08. The molecule has 17 heavy (non-hydrogen) atoms. The molecule has 2 N–H and O–H groups in total. The molecule has 0 aromatic carbocycles. The van der Waals surface area contributed by atoms with E-state index < -0.39 is 10.4 Å². The largest absolute Gasteiger partial charge is 0.394 e. The molecule has 0 fully saturated rings. The van der Waals surface area contributed by atoms with Crippen molar-refractivity contribution in [2.75, 3.05) is 19.5 Å². The highest BCUT2D eigenvalue weighted by molar-refractivity contribution is 7.98. The van der Waals surface area contributed by atoms with Crippen LogP contribution in [0.25, 0.3) is 0 Å². The minimum absolute atomic E-state index is 0.801. The molecule has 1 aromatic rings. The number of aromatic nitrogens is 2. The van der Waals surface area contributed by atoms with Crippen LogP contribution in [0.15, 0.2) is 18.6 Å². The van der Waals surface area contributed by atoms with E-state index in [4.69, 9.17) is 22.3 Å². The Balaban J connectivity index is 0.000000437. The van der Waals surface area contributed by atoms with E-state index in [1.807, 2.05) is 17.8 Å². The lowest BCUT2D eigenvalue weighted by Gasteiger charge is -1.98. The molecular weight excluding hydrogens is 268 g/mol. The zero-order valence-corrected chi connectivity index (χ0v) is 10.8. The standard InChI is InChI=1S/C8H12N2OS.H2O4S/c1-11-4-5-12-6-8-2-3-9-7-10-8;1-5(2,3)4/h2-3,7H,4-6H2,1H3;(H2,1,2,3,4). The van der Waals surface area contributed by atoms with Crippen LogP contribution in [0.4, 0.5) is 0 Å². The maximum atomic E-state index is 8.74.